The minimum atomic E-state index is -0.0418. The second-order valence-electron chi connectivity index (χ2n) is 4.37. The topological polar surface area (TPSA) is 29.1 Å². The van der Waals surface area contributed by atoms with E-state index < -0.39 is 0 Å². The lowest BCUT2D eigenvalue weighted by Gasteiger charge is -2.34. The number of ketones is 1. The fourth-order valence-corrected chi connectivity index (χ4v) is 3.36. The maximum absolute atomic E-state index is 11.5. The number of carbonyl (C=O) groups excluding carboxylic acids is 1. The molecular formula is C11H23NOS. The number of thioether (sulfide) groups is 1. The van der Waals surface area contributed by atoms with E-state index in [1.807, 2.05) is 18.7 Å². The van der Waals surface area contributed by atoms with Gasteiger partial charge < -0.3 is 5.32 Å². The molecule has 0 saturated carbocycles. The van der Waals surface area contributed by atoms with Gasteiger partial charge in [-0.2, -0.15) is 11.8 Å². The van der Waals surface area contributed by atoms with Gasteiger partial charge in [0.05, 0.1) is 6.04 Å². The number of Topliss-reactive ketones (excluding diaryl/α,β-unsaturated/α-hetero) is 1. The average Bonchev–Trinajstić information content (AvgIpc) is 1.96. The predicted molar refractivity (Wildman–Crippen MR) is 65.0 cm³/mol. The Labute approximate surface area is 92.2 Å². The van der Waals surface area contributed by atoms with Crippen LogP contribution in [-0.4, -0.2) is 28.4 Å². The summed E-state index contributed by atoms with van der Waals surface area (Å²) < 4.78 is -0.0317. The van der Waals surface area contributed by atoms with Crippen molar-refractivity contribution in [3.63, 3.8) is 0 Å². The lowest BCUT2D eigenvalue weighted by Crippen LogP contribution is -2.49. The molecule has 0 fully saturated rings. The summed E-state index contributed by atoms with van der Waals surface area (Å²) in [6, 6.07) is -0.0418. The minimum absolute atomic E-state index is 0.0317. The lowest BCUT2D eigenvalue weighted by molar-refractivity contribution is -0.119. The molecule has 0 aliphatic rings. The van der Waals surface area contributed by atoms with Crippen molar-refractivity contribution in [2.24, 2.45) is 0 Å². The van der Waals surface area contributed by atoms with E-state index in [1.54, 1.807) is 6.92 Å². The third kappa shape index (κ3) is 4.47. The van der Waals surface area contributed by atoms with Crippen molar-refractivity contribution in [1.29, 1.82) is 0 Å². The molecule has 0 saturated heterocycles. The summed E-state index contributed by atoms with van der Waals surface area (Å²) in [4.78, 5) is 11.5. The van der Waals surface area contributed by atoms with Crippen LogP contribution in [0.1, 0.15) is 41.5 Å². The minimum Gasteiger partial charge on any atom is -0.307 e. The molecule has 1 atom stereocenters. The van der Waals surface area contributed by atoms with E-state index >= 15 is 0 Å². The van der Waals surface area contributed by atoms with Crippen molar-refractivity contribution in [3.05, 3.63) is 0 Å². The van der Waals surface area contributed by atoms with Crippen LogP contribution in [-0.2, 0) is 4.79 Å². The summed E-state index contributed by atoms with van der Waals surface area (Å²) in [6.07, 6.45) is 0. The van der Waals surface area contributed by atoms with Crippen LogP contribution in [0.4, 0.5) is 0 Å². The van der Waals surface area contributed by atoms with Gasteiger partial charge in [-0.15, -0.1) is 0 Å². The van der Waals surface area contributed by atoms with Crippen LogP contribution in [0, 0.1) is 0 Å². The Bertz CT molecular complexity index is 190. The smallest absolute Gasteiger partial charge is 0.148 e. The number of likely N-dealkylation sites (N-methyl/N-ethyl adjacent to an activating group) is 1. The van der Waals surface area contributed by atoms with Gasteiger partial charge in [0.15, 0.2) is 0 Å². The highest BCUT2D eigenvalue weighted by atomic mass is 32.2. The van der Waals surface area contributed by atoms with Crippen LogP contribution in [0.5, 0.6) is 0 Å². The first-order valence-electron chi connectivity index (χ1n) is 5.23. The summed E-state index contributed by atoms with van der Waals surface area (Å²) in [5.41, 5.74) is 0. The normalized spacial score (nSPS) is 14.5. The zero-order chi connectivity index (χ0) is 11.4. The number of rotatable bonds is 6. The van der Waals surface area contributed by atoms with Gasteiger partial charge in [-0.05, 0) is 32.6 Å². The summed E-state index contributed by atoms with van der Waals surface area (Å²) in [5.74, 6) is 0.227. The molecule has 0 spiro atoms. The van der Waals surface area contributed by atoms with E-state index in [1.165, 1.54) is 0 Å². The molecule has 0 rings (SSSR count). The van der Waals surface area contributed by atoms with Crippen molar-refractivity contribution >= 4 is 17.5 Å². The standard InChI is InChI=1S/C11H23NOS/c1-7-12-10(9(4)13)11(5,6)14-8(2)3/h8,10,12H,7H2,1-6H3. The third-order valence-corrected chi connectivity index (χ3v) is 3.36. The van der Waals surface area contributed by atoms with Gasteiger partial charge in [0.25, 0.3) is 0 Å². The molecular weight excluding hydrogens is 194 g/mol. The Morgan fingerprint density at radius 3 is 2.21 bits per heavy atom. The van der Waals surface area contributed by atoms with E-state index in [2.05, 4.69) is 33.0 Å². The van der Waals surface area contributed by atoms with Gasteiger partial charge in [0.1, 0.15) is 5.78 Å². The van der Waals surface area contributed by atoms with Crippen LogP contribution in [0.3, 0.4) is 0 Å². The van der Waals surface area contributed by atoms with Crippen molar-refractivity contribution < 1.29 is 4.79 Å². The molecule has 14 heavy (non-hydrogen) atoms. The first-order chi connectivity index (χ1) is 6.31. The van der Waals surface area contributed by atoms with Gasteiger partial charge in [-0.25, -0.2) is 0 Å². The number of hydrogen-bond acceptors (Lipinski definition) is 3. The molecule has 0 heterocycles. The van der Waals surface area contributed by atoms with Crippen LogP contribution >= 0.6 is 11.8 Å². The molecule has 1 unspecified atom stereocenters. The summed E-state index contributed by atoms with van der Waals surface area (Å²) in [7, 11) is 0. The van der Waals surface area contributed by atoms with E-state index in [-0.39, 0.29) is 16.6 Å². The zero-order valence-corrected chi connectivity index (χ0v) is 11.0. The monoisotopic (exact) mass is 217 g/mol. The highest BCUT2D eigenvalue weighted by molar-refractivity contribution is 8.01. The van der Waals surface area contributed by atoms with Crippen molar-refractivity contribution in [2.75, 3.05) is 6.54 Å². The molecule has 0 amide bonds. The van der Waals surface area contributed by atoms with Gasteiger partial charge in [-0.3, -0.25) is 4.79 Å². The van der Waals surface area contributed by atoms with Crippen LogP contribution in [0.25, 0.3) is 0 Å². The fourth-order valence-electron chi connectivity index (χ4n) is 1.76. The summed E-state index contributed by atoms with van der Waals surface area (Å²) in [6.45, 7) is 13.1. The van der Waals surface area contributed by atoms with Gasteiger partial charge in [0, 0.05) is 4.75 Å². The second-order valence-corrected chi connectivity index (χ2v) is 6.60. The van der Waals surface area contributed by atoms with Crippen molar-refractivity contribution in [1.82, 2.24) is 5.32 Å². The van der Waals surface area contributed by atoms with Gasteiger partial charge in [-0.1, -0.05) is 20.8 Å². The molecule has 1 N–H and O–H groups in total. The molecule has 0 aromatic carbocycles. The summed E-state index contributed by atoms with van der Waals surface area (Å²) >= 11 is 1.85. The molecule has 0 radical (unpaired) electrons. The highest BCUT2D eigenvalue weighted by Crippen LogP contribution is 2.32. The first kappa shape index (κ1) is 14.0. The Hall–Kier alpha value is -0.0200. The first-order valence-corrected chi connectivity index (χ1v) is 6.10. The Balaban J connectivity index is 4.53. The molecule has 0 aromatic rings. The van der Waals surface area contributed by atoms with Crippen LogP contribution < -0.4 is 5.32 Å². The van der Waals surface area contributed by atoms with Gasteiger partial charge >= 0.3 is 0 Å². The molecule has 84 valence electrons. The van der Waals surface area contributed by atoms with E-state index in [9.17, 15) is 4.79 Å². The Kier molecular flexibility index (Phi) is 5.75. The fraction of sp³-hybridized carbons (Fsp3) is 0.909. The van der Waals surface area contributed by atoms with E-state index in [4.69, 9.17) is 0 Å². The van der Waals surface area contributed by atoms with E-state index in [0.717, 1.165) is 6.54 Å². The molecule has 2 nitrogen and oxygen atoms in total. The lowest BCUT2D eigenvalue weighted by atomic mass is 10.00. The van der Waals surface area contributed by atoms with Crippen molar-refractivity contribution in [2.45, 2.75) is 57.6 Å². The SMILES string of the molecule is CCNC(C(C)=O)C(C)(C)SC(C)C. The van der Waals surface area contributed by atoms with Crippen LogP contribution in [0.2, 0.25) is 0 Å². The zero-order valence-electron chi connectivity index (χ0n) is 10.2. The van der Waals surface area contributed by atoms with Gasteiger partial charge in [0.2, 0.25) is 0 Å². The number of nitrogens with one attached hydrogen (secondary N) is 1. The quantitative estimate of drug-likeness (QED) is 0.741. The average molecular weight is 217 g/mol. The molecule has 0 bridgehead atoms. The molecule has 3 heteroatoms. The third-order valence-electron chi connectivity index (χ3n) is 2.05. The number of hydrogen-bond donors (Lipinski definition) is 1. The molecule has 0 aromatic heterocycles. The predicted octanol–water partition coefficient (Wildman–Crippen LogP) is 2.47. The van der Waals surface area contributed by atoms with Crippen LogP contribution in [0.15, 0.2) is 0 Å². The Morgan fingerprint density at radius 1 is 1.43 bits per heavy atom. The Morgan fingerprint density at radius 2 is 1.93 bits per heavy atom. The van der Waals surface area contributed by atoms with Crippen molar-refractivity contribution in [3.8, 4) is 0 Å². The summed E-state index contributed by atoms with van der Waals surface area (Å²) in [5, 5.41) is 3.80. The molecule has 0 aliphatic carbocycles. The largest absolute Gasteiger partial charge is 0.307 e. The van der Waals surface area contributed by atoms with E-state index in [0.29, 0.717) is 5.25 Å². The maximum Gasteiger partial charge on any atom is 0.148 e. The maximum atomic E-state index is 11.5. The number of carbonyl (C=O) groups is 1. The highest BCUT2D eigenvalue weighted by Gasteiger charge is 2.33. The molecule has 0 aliphatic heterocycles. The second kappa shape index (κ2) is 5.76.